The molecule has 1 N–H and O–H groups in total. The SMILES string of the molecule is O=C1[C@@H](Oc2ccc(Cl)cc2)[C@@H](c2ccc([N+](=O)[O-])cc2)N1c1ccc(Nc2nc(N3CCOCC3)nc(N3CCOCC3)n2)cc1. The van der Waals surface area contributed by atoms with Gasteiger partial charge in [0.15, 0.2) is 0 Å². The molecule has 3 aliphatic rings. The molecule has 4 aromatic rings. The zero-order chi connectivity index (χ0) is 32.3. The lowest BCUT2D eigenvalue weighted by Crippen LogP contribution is -2.61. The number of amides is 1. The third-order valence-corrected chi connectivity index (χ3v) is 8.42. The van der Waals surface area contributed by atoms with Crippen molar-refractivity contribution in [3.05, 3.63) is 93.5 Å². The fourth-order valence-electron chi connectivity index (χ4n) is 5.70. The fourth-order valence-corrected chi connectivity index (χ4v) is 5.82. The number of carbonyl (C=O) groups is 1. The smallest absolute Gasteiger partial charge is 0.271 e. The van der Waals surface area contributed by atoms with Crippen molar-refractivity contribution >= 4 is 52.4 Å². The van der Waals surface area contributed by atoms with E-state index in [1.807, 2.05) is 24.3 Å². The Morgan fingerprint density at radius 3 is 1.94 bits per heavy atom. The number of non-ortho nitro benzene ring substituents is 1. The first kappa shape index (κ1) is 30.6. The predicted octanol–water partition coefficient (Wildman–Crippen LogP) is 4.39. The average molecular weight is 659 g/mol. The van der Waals surface area contributed by atoms with Crippen LogP contribution in [0.15, 0.2) is 72.8 Å². The summed E-state index contributed by atoms with van der Waals surface area (Å²) in [5.74, 6) is 1.80. The van der Waals surface area contributed by atoms with Crippen LogP contribution in [0.1, 0.15) is 11.6 Å². The maximum Gasteiger partial charge on any atom is 0.271 e. The van der Waals surface area contributed by atoms with E-state index in [0.717, 1.165) is 5.69 Å². The number of nitrogens with zero attached hydrogens (tertiary/aromatic N) is 7. The number of β-lactam (4-membered cyclic amide) rings is 1. The van der Waals surface area contributed by atoms with Gasteiger partial charge in [0, 0.05) is 54.7 Å². The predicted molar refractivity (Wildman–Crippen MR) is 175 cm³/mol. The van der Waals surface area contributed by atoms with Gasteiger partial charge in [-0.15, -0.1) is 0 Å². The molecule has 7 rings (SSSR count). The normalized spacial score (nSPS) is 19.7. The molecular weight excluding hydrogens is 628 g/mol. The van der Waals surface area contributed by atoms with Crippen molar-refractivity contribution in [1.82, 2.24) is 15.0 Å². The lowest BCUT2D eigenvalue weighted by molar-refractivity contribution is -0.384. The van der Waals surface area contributed by atoms with Crippen LogP contribution in [0.3, 0.4) is 0 Å². The Hall–Kier alpha value is -5.05. The third-order valence-electron chi connectivity index (χ3n) is 8.17. The summed E-state index contributed by atoms with van der Waals surface area (Å²) in [4.78, 5) is 44.3. The molecule has 1 aromatic heterocycles. The quantitative estimate of drug-likeness (QED) is 0.154. The number of morpholine rings is 2. The number of anilines is 5. The van der Waals surface area contributed by atoms with E-state index in [1.54, 1.807) is 41.3 Å². The van der Waals surface area contributed by atoms with Crippen molar-refractivity contribution in [2.24, 2.45) is 0 Å². The van der Waals surface area contributed by atoms with E-state index in [9.17, 15) is 14.9 Å². The Kier molecular flexibility index (Phi) is 8.70. The average Bonchev–Trinajstić information content (AvgIpc) is 3.11. The fraction of sp³-hybridized carbons (Fsp3) is 0.312. The van der Waals surface area contributed by atoms with Gasteiger partial charge in [-0.1, -0.05) is 11.6 Å². The van der Waals surface area contributed by atoms with Gasteiger partial charge in [-0.25, -0.2) is 0 Å². The zero-order valence-corrected chi connectivity index (χ0v) is 26.0. The van der Waals surface area contributed by atoms with Gasteiger partial charge in [-0.3, -0.25) is 19.8 Å². The Balaban J connectivity index is 1.14. The Morgan fingerprint density at radius 1 is 0.809 bits per heavy atom. The molecule has 0 unspecified atom stereocenters. The van der Waals surface area contributed by atoms with E-state index >= 15 is 0 Å². The van der Waals surface area contributed by atoms with Crippen LogP contribution in [-0.4, -0.2) is 84.5 Å². The molecule has 15 heteroatoms. The van der Waals surface area contributed by atoms with Crippen molar-refractivity contribution in [2.45, 2.75) is 12.1 Å². The molecule has 3 aliphatic heterocycles. The van der Waals surface area contributed by atoms with Crippen LogP contribution >= 0.6 is 11.6 Å². The molecule has 4 heterocycles. The number of nitrogens with one attached hydrogen (secondary N) is 1. The highest BCUT2D eigenvalue weighted by molar-refractivity contribution is 6.30. The van der Waals surface area contributed by atoms with Crippen molar-refractivity contribution in [2.75, 3.05) is 72.6 Å². The number of ether oxygens (including phenoxy) is 3. The van der Waals surface area contributed by atoms with E-state index in [-0.39, 0.29) is 11.6 Å². The van der Waals surface area contributed by atoms with E-state index in [0.29, 0.717) is 92.5 Å². The number of nitro groups is 1. The van der Waals surface area contributed by atoms with Crippen LogP contribution in [0, 0.1) is 10.1 Å². The monoisotopic (exact) mass is 658 g/mol. The summed E-state index contributed by atoms with van der Waals surface area (Å²) in [5.41, 5.74) is 2.02. The first-order chi connectivity index (χ1) is 22.9. The summed E-state index contributed by atoms with van der Waals surface area (Å²) in [5, 5.41) is 15.1. The van der Waals surface area contributed by atoms with Crippen LogP contribution in [0.5, 0.6) is 5.75 Å². The number of aromatic nitrogens is 3. The lowest BCUT2D eigenvalue weighted by Gasteiger charge is -2.46. The van der Waals surface area contributed by atoms with Gasteiger partial charge in [0.2, 0.25) is 23.9 Å². The van der Waals surface area contributed by atoms with Crippen LogP contribution in [0.25, 0.3) is 0 Å². The first-order valence-corrected chi connectivity index (χ1v) is 15.6. The molecule has 0 aliphatic carbocycles. The van der Waals surface area contributed by atoms with Crippen molar-refractivity contribution in [3.8, 4) is 5.75 Å². The maximum atomic E-state index is 13.5. The number of benzene rings is 3. The van der Waals surface area contributed by atoms with E-state index in [1.165, 1.54) is 12.1 Å². The molecular formula is C32H31ClN8O6. The van der Waals surface area contributed by atoms with Gasteiger partial charge in [-0.2, -0.15) is 15.0 Å². The number of hydrogen-bond acceptors (Lipinski definition) is 12. The van der Waals surface area contributed by atoms with Gasteiger partial charge < -0.3 is 29.3 Å². The van der Waals surface area contributed by atoms with Crippen LogP contribution in [0.2, 0.25) is 5.02 Å². The maximum absolute atomic E-state index is 13.5. The lowest BCUT2D eigenvalue weighted by atomic mass is 9.89. The van der Waals surface area contributed by atoms with Gasteiger partial charge in [0.1, 0.15) is 11.8 Å². The second kappa shape index (κ2) is 13.4. The minimum Gasteiger partial charge on any atom is -0.478 e. The summed E-state index contributed by atoms with van der Waals surface area (Å²) in [6, 6.07) is 19.7. The Labute approximate surface area is 275 Å². The zero-order valence-electron chi connectivity index (χ0n) is 25.2. The minimum absolute atomic E-state index is 0.0385. The minimum atomic E-state index is -0.835. The molecule has 3 saturated heterocycles. The molecule has 0 radical (unpaired) electrons. The number of nitro benzene ring substituents is 1. The van der Waals surface area contributed by atoms with Crippen molar-refractivity contribution in [1.29, 1.82) is 0 Å². The van der Waals surface area contributed by atoms with E-state index in [2.05, 4.69) is 15.1 Å². The van der Waals surface area contributed by atoms with Crippen molar-refractivity contribution in [3.63, 3.8) is 0 Å². The standard InChI is InChI=1S/C32H31ClN8O6/c33-22-3-11-26(12-4-22)47-28-27(21-1-7-25(8-2-21)41(43)44)40(29(28)42)24-9-5-23(6-10-24)34-30-35-31(38-13-17-45-18-14-38)37-32(36-30)39-15-19-46-20-16-39/h1-12,27-28H,13-20H2,(H,34,35,36,37)/t27-,28+/m1/s1. The largest absolute Gasteiger partial charge is 0.478 e. The molecule has 47 heavy (non-hydrogen) atoms. The van der Waals surface area contributed by atoms with Gasteiger partial charge in [-0.05, 0) is 66.2 Å². The van der Waals surface area contributed by atoms with Gasteiger partial charge in [0.05, 0.1) is 31.4 Å². The number of hydrogen-bond donors (Lipinski definition) is 1. The van der Waals surface area contributed by atoms with Gasteiger partial charge >= 0.3 is 0 Å². The molecule has 0 saturated carbocycles. The molecule has 242 valence electrons. The molecule has 1 amide bonds. The van der Waals surface area contributed by atoms with E-state index in [4.69, 9.17) is 40.8 Å². The third kappa shape index (κ3) is 6.61. The van der Waals surface area contributed by atoms with Gasteiger partial charge in [0.25, 0.3) is 11.6 Å². The summed E-state index contributed by atoms with van der Waals surface area (Å²) in [6.45, 7) is 5.14. The highest BCUT2D eigenvalue weighted by Gasteiger charge is 2.51. The summed E-state index contributed by atoms with van der Waals surface area (Å²) < 4.78 is 17.1. The molecule has 3 fully saturated rings. The number of rotatable bonds is 9. The number of halogens is 1. The topological polar surface area (TPSA) is 148 Å². The highest BCUT2D eigenvalue weighted by atomic mass is 35.5. The second-order valence-electron chi connectivity index (χ2n) is 11.1. The first-order valence-electron chi connectivity index (χ1n) is 15.2. The molecule has 2 atom stereocenters. The number of carbonyl (C=O) groups excluding carboxylic acids is 1. The molecule has 3 aromatic carbocycles. The highest BCUT2D eigenvalue weighted by Crippen LogP contribution is 2.42. The summed E-state index contributed by atoms with van der Waals surface area (Å²) in [7, 11) is 0. The molecule has 0 spiro atoms. The molecule has 14 nitrogen and oxygen atoms in total. The van der Waals surface area contributed by atoms with Crippen molar-refractivity contribution < 1.29 is 23.9 Å². The summed E-state index contributed by atoms with van der Waals surface area (Å²) >= 11 is 6.03. The Bertz CT molecular complexity index is 1700. The van der Waals surface area contributed by atoms with Crippen LogP contribution in [-0.2, 0) is 14.3 Å². The van der Waals surface area contributed by atoms with Crippen LogP contribution < -0.4 is 24.8 Å². The molecule has 0 bridgehead atoms. The second-order valence-corrected chi connectivity index (χ2v) is 11.6. The summed E-state index contributed by atoms with van der Waals surface area (Å²) in [6.07, 6.45) is -0.835. The van der Waals surface area contributed by atoms with E-state index < -0.39 is 17.1 Å². The van der Waals surface area contributed by atoms with Crippen LogP contribution in [0.4, 0.5) is 34.9 Å². The Morgan fingerprint density at radius 2 is 1.38 bits per heavy atom.